The van der Waals surface area contributed by atoms with E-state index < -0.39 is 0 Å². The molecule has 0 fully saturated rings. The number of nitrogens with zero attached hydrogens (tertiary/aromatic N) is 4. The zero-order valence-corrected chi connectivity index (χ0v) is 12.5. The minimum atomic E-state index is -0.237. The maximum atomic E-state index is 12.7. The van der Waals surface area contributed by atoms with Crippen LogP contribution in [0, 0.1) is 12.3 Å². The molecule has 3 aromatic rings. The van der Waals surface area contributed by atoms with Gasteiger partial charge in [0, 0.05) is 37.5 Å². The van der Waals surface area contributed by atoms with Gasteiger partial charge in [-0.05, 0) is 24.3 Å². The predicted octanol–water partition coefficient (Wildman–Crippen LogP) is 2.02. The molecule has 0 saturated carbocycles. The third-order valence-electron chi connectivity index (χ3n) is 3.36. The van der Waals surface area contributed by atoms with Crippen LogP contribution in [0.5, 0.6) is 5.75 Å². The van der Waals surface area contributed by atoms with Gasteiger partial charge in [-0.15, -0.1) is 6.42 Å². The van der Waals surface area contributed by atoms with Gasteiger partial charge in [0.1, 0.15) is 12.4 Å². The Morgan fingerprint density at radius 1 is 1.26 bits per heavy atom. The van der Waals surface area contributed by atoms with Crippen molar-refractivity contribution < 1.29 is 9.53 Å². The number of benzene rings is 1. The third-order valence-corrected chi connectivity index (χ3v) is 3.36. The Hall–Kier alpha value is -3.33. The molecule has 0 aliphatic rings. The smallest absolute Gasteiger partial charge is 0.280 e. The average Bonchev–Trinajstić information content (AvgIpc) is 3.08. The van der Waals surface area contributed by atoms with Crippen molar-refractivity contribution in [1.29, 1.82) is 0 Å². The van der Waals surface area contributed by atoms with Gasteiger partial charge in [0.2, 0.25) is 0 Å². The van der Waals surface area contributed by atoms with E-state index in [1.807, 2.05) is 0 Å². The highest BCUT2D eigenvalue weighted by atomic mass is 16.5. The normalized spacial score (nSPS) is 10.3. The molecule has 3 rings (SSSR count). The molecule has 2 aromatic heterocycles. The molecule has 0 aliphatic carbocycles. The zero-order valence-electron chi connectivity index (χ0n) is 12.5. The molecule has 0 atom stereocenters. The van der Waals surface area contributed by atoms with Crippen LogP contribution in [-0.2, 0) is 0 Å². The number of hydrogen-bond acceptors (Lipinski definition) is 4. The van der Waals surface area contributed by atoms with Crippen LogP contribution in [0.25, 0.3) is 5.65 Å². The van der Waals surface area contributed by atoms with Gasteiger partial charge >= 0.3 is 0 Å². The molecule has 114 valence electrons. The van der Waals surface area contributed by atoms with E-state index in [-0.39, 0.29) is 12.5 Å². The second-order valence-electron chi connectivity index (χ2n) is 4.78. The Kier molecular flexibility index (Phi) is 3.93. The number of terminal acetylenes is 1. The predicted molar refractivity (Wildman–Crippen MR) is 86.5 cm³/mol. The van der Waals surface area contributed by atoms with Crippen LogP contribution >= 0.6 is 0 Å². The van der Waals surface area contributed by atoms with Crippen LogP contribution in [-0.4, -0.2) is 33.9 Å². The van der Waals surface area contributed by atoms with Gasteiger partial charge in [-0.25, -0.2) is 9.97 Å². The number of rotatable bonds is 4. The molecule has 2 heterocycles. The molecule has 1 aromatic carbocycles. The van der Waals surface area contributed by atoms with Gasteiger partial charge in [0.05, 0.1) is 0 Å². The summed E-state index contributed by atoms with van der Waals surface area (Å²) in [7, 11) is 1.69. The van der Waals surface area contributed by atoms with Crippen molar-refractivity contribution in [2.75, 3.05) is 18.6 Å². The number of fused-ring (bicyclic) bond motifs is 1. The number of anilines is 1. The number of hydrogen-bond donors (Lipinski definition) is 0. The summed E-state index contributed by atoms with van der Waals surface area (Å²) >= 11 is 0. The Balaban J connectivity index is 1.85. The van der Waals surface area contributed by atoms with E-state index in [9.17, 15) is 4.79 Å². The lowest BCUT2D eigenvalue weighted by molar-refractivity contribution is 0.0989. The van der Waals surface area contributed by atoms with E-state index in [0.717, 1.165) is 5.69 Å². The summed E-state index contributed by atoms with van der Waals surface area (Å²) in [5, 5.41) is 0. The molecular weight excluding hydrogens is 292 g/mol. The highest BCUT2D eigenvalue weighted by molar-refractivity contribution is 6.08. The Labute approximate surface area is 133 Å². The fraction of sp³-hybridized carbons (Fsp3) is 0.118. The van der Waals surface area contributed by atoms with E-state index >= 15 is 0 Å². The molecule has 0 unspecified atom stereocenters. The molecular formula is C17H14N4O2. The van der Waals surface area contributed by atoms with Crippen molar-refractivity contribution in [3.8, 4) is 18.1 Å². The topological polar surface area (TPSA) is 59.7 Å². The quantitative estimate of drug-likeness (QED) is 0.692. The van der Waals surface area contributed by atoms with Crippen LogP contribution < -0.4 is 9.64 Å². The van der Waals surface area contributed by atoms with E-state index in [0.29, 0.717) is 17.1 Å². The summed E-state index contributed by atoms with van der Waals surface area (Å²) in [5.41, 5.74) is 1.55. The molecule has 6 nitrogen and oxygen atoms in total. The van der Waals surface area contributed by atoms with Crippen molar-refractivity contribution in [2.45, 2.75) is 0 Å². The molecule has 0 bridgehead atoms. The van der Waals surface area contributed by atoms with Crippen molar-refractivity contribution in [2.24, 2.45) is 0 Å². The van der Waals surface area contributed by atoms with Gasteiger partial charge in [-0.2, -0.15) is 0 Å². The number of amides is 1. The van der Waals surface area contributed by atoms with Crippen LogP contribution in [0.2, 0.25) is 0 Å². The van der Waals surface area contributed by atoms with Crippen LogP contribution in [0.1, 0.15) is 10.5 Å². The molecule has 0 saturated heterocycles. The van der Waals surface area contributed by atoms with Crippen molar-refractivity contribution in [3.05, 3.63) is 54.7 Å². The Morgan fingerprint density at radius 2 is 1.96 bits per heavy atom. The van der Waals surface area contributed by atoms with Gasteiger partial charge < -0.3 is 14.0 Å². The van der Waals surface area contributed by atoms with Crippen molar-refractivity contribution >= 4 is 17.2 Å². The molecule has 6 heteroatoms. The SMILES string of the molecule is C#CCOc1ccc(N(C)C(=O)c2nccn3ccnc23)cc1. The summed E-state index contributed by atoms with van der Waals surface area (Å²) in [4.78, 5) is 22.5. The van der Waals surface area contributed by atoms with Crippen LogP contribution in [0.15, 0.2) is 49.1 Å². The highest BCUT2D eigenvalue weighted by Crippen LogP contribution is 2.20. The number of carbonyl (C=O) groups excluding carboxylic acids is 1. The van der Waals surface area contributed by atoms with E-state index in [1.54, 1.807) is 60.5 Å². The fourth-order valence-electron chi connectivity index (χ4n) is 2.17. The molecule has 0 N–H and O–H groups in total. The lowest BCUT2D eigenvalue weighted by Crippen LogP contribution is -2.27. The lowest BCUT2D eigenvalue weighted by Gasteiger charge is -2.17. The zero-order chi connectivity index (χ0) is 16.2. The molecule has 0 spiro atoms. The molecule has 0 radical (unpaired) electrons. The van der Waals surface area contributed by atoms with E-state index in [4.69, 9.17) is 11.2 Å². The first-order valence-corrected chi connectivity index (χ1v) is 6.93. The first-order valence-electron chi connectivity index (χ1n) is 6.93. The first kappa shape index (κ1) is 14.6. The third kappa shape index (κ3) is 2.85. The van der Waals surface area contributed by atoms with E-state index in [1.165, 1.54) is 4.90 Å². The molecule has 0 aliphatic heterocycles. The van der Waals surface area contributed by atoms with Crippen LogP contribution in [0.4, 0.5) is 5.69 Å². The van der Waals surface area contributed by atoms with Gasteiger partial charge in [0.15, 0.2) is 11.3 Å². The Bertz CT molecular complexity index is 877. The monoisotopic (exact) mass is 306 g/mol. The average molecular weight is 306 g/mol. The second-order valence-corrected chi connectivity index (χ2v) is 4.78. The first-order chi connectivity index (χ1) is 11.2. The summed E-state index contributed by atoms with van der Waals surface area (Å²) in [6.07, 6.45) is 11.9. The van der Waals surface area contributed by atoms with Crippen molar-refractivity contribution in [1.82, 2.24) is 14.4 Å². The number of imidazole rings is 1. The lowest BCUT2D eigenvalue weighted by atomic mass is 10.2. The van der Waals surface area contributed by atoms with Crippen LogP contribution in [0.3, 0.4) is 0 Å². The van der Waals surface area contributed by atoms with Crippen molar-refractivity contribution in [3.63, 3.8) is 0 Å². The van der Waals surface area contributed by atoms with Gasteiger partial charge in [-0.3, -0.25) is 4.79 Å². The highest BCUT2D eigenvalue weighted by Gasteiger charge is 2.18. The summed E-state index contributed by atoms with van der Waals surface area (Å²) < 4.78 is 7.07. The molecule has 23 heavy (non-hydrogen) atoms. The minimum Gasteiger partial charge on any atom is -0.481 e. The standard InChI is InChI=1S/C17H14N4O2/c1-3-12-23-14-6-4-13(5-7-14)20(2)17(22)15-16-19-9-11-21(16)10-8-18-15/h1,4-11H,12H2,2H3. The summed E-state index contributed by atoms with van der Waals surface area (Å²) in [6.45, 7) is 0.208. The number of carbonyl (C=O) groups is 1. The molecule has 1 amide bonds. The fourth-order valence-corrected chi connectivity index (χ4v) is 2.17. The summed E-state index contributed by atoms with van der Waals surface area (Å²) in [6, 6.07) is 7.10. The number of ether oxygens (including phenoxy) is 1. The Morgan fingerprint density at radius 3 is 2.65 bits per heavy atom. The van der Waals surface area contributed by atoms with E-state index in [2.05, 4.69) is 15.9 Å². The maximum Gasteiger partial charge on any atom is 0.280 e. The van der Waals surface area contributed by atoms with Gasteiger partial charge in [-0.1, -0.05) is 5.92 Å². The summed E-state index contributed by atoms with van der Waals surface area (Å²) in [5.74, 6) is 2.82. The second kappa shape index (κ2) is 6.20. The van der Waals surface area contributed by atoms with Gasteiger partial charge in [0.25, 0.3) is 5.91 Å². The minimum absolute atomic E-state index is 0.208. The maximum absolute atomic E-state index is 12.7. The largest absolute Gasteiger partial charge is 0.481 e. The number of aromatic nitrogens is 3.